The third-order valence-electron chi connectivity index (χ3n) is 4.24. The molecule has 1 aromatic heterocycles. The third kappa shape index (κ3) is 5.64. The summed E-state index contributed by atoms with van der Waals surface area (Å²) in [5.41, 5.74) is -0.215. The average molecular weight is 401 g/mol. The molecule has 1 heterocycles. The molecule has 1 N–H and O–H groups in total. The van der Waals surface area contributed by atoms with E-state index in [1.807, 2.05) is 0 Å². The first kappa shape index (κ1) is 19.6. The van der Waals surface area contributed by atoms with Crippen molar-refractivity contribution in [3.05, 3.63) is 53.6 Å². The molecule has 0 spiro atoms. The molecule has 1 aliphatic carbocycles. The molecule has 6 nitrogen and oxygen atoms in total. The molecule has 27 heavy (non-hydrogen) atoms. The van der Waals surface area contributed by atoms with Crippen LogP contribution in [-0.2, 0) is 15.8 Å². The van der Waals surface area contributed by atoms with Crippen LogP contribution in [0.5, 0.6) is 6.01 Å². The molecule has 0 saturated heterocycles. The zero-order valence-electron chi connectivity index (χ0n) is 14.2. The highest BCUT2D eigenvalue weighted by Gasteiger charge is 2.27. The summed E-state index contributed by atoms with van der Waals surface area (Å²) in [5, 5.41) is 0. The summed E-state index contributed by atoms with van der Waals surface area (Å²) in [4.78, 5) is 7.45. The largest absolute Gasteiger partial charge is 0.460 e. The van der Waals surface area contributed by atoms with Gasteiger partial charge in [0.15, 0.2) is 5.82 Å². The molecule has 0 unspecified atom stereocenters. The van der Waals surface area contributed by atoms with Gasteiger partial charge in [0.2, 0.25) is 10.0 Å². The molecule has 0 atom stereocenters. The second-order valence-electron chi connectivity index (χ2n) is 6.39. The van der Waals surface area contributed by atoms with Crippen molar-refractivity contribution in [1.29, 1.82) is 0 Å². The molecule has 3 rings (SSSR count). The summed E-state index contributed by atoms with van der Waals surface area (Å²) in [7, 11) is -3.82. The Morgan fingerprint density at radius 1 is 1.04 bits per heavy atom. The molecule has 2 aromatic rings. The molecule has 1 fully saturated rings. The van der Waals surface area contributed by atoms with Gasteiger partial charge in [-0.1, -0.05) is 0 Å². The van der Waals surface area contributed by atoms with Crippen molar-refractivity contribution in [1.82, 2.24) is 14.7 Å². The van der Waals surface area contributed by atoms with Crippen LogP contribution in [0.15, 0.2) is 30.6 Å². The maximum absolute atomic E-state index is 13.7. The molecule has 1 aromatic carbocycles. The monoisotopic (exact) mass is 401 g/mol. The highest BCUT2D eigenvalue weighted by molar-refractivity contribution is 7.88. The number of aromatic nitrogens is 2. The Labute approximate surface area is 154 Å². The van der Waals surface area contributed by atoms with Crippen LogP contribution < -0.4 is 9.46 Å². The van der Waals surface area contributed by atoms with Crippen LogP contribution in [0.4, 0.5) is 13.2 Å². The molecule has 0 radical (unpaired) electrons. The minimum Gasteiger partial charge on any atom is -0.460 e. The van der Waals surface area contributed by atoms with Crippen molar-refractivity contribution in [2.75, 3.05) is 0 Å². The van der Waals surface area contributed by atoms with E-state index in [4.69, 9.17) is 4.74 Å². The fourth-order valence-corrected chi connectivity index (χ4v) is 4.42. The Bertz CT molecular complexity index is 886. The molecule has 0 bridgehead atoms. The normalized spacial score (nSPS) is 20.4. The van der Waals surface area contributed by atoms with E-state index in [9.17, 15) is 21.6 Å². The lowest BCUT2D eigenvalue weighted by Gasteiger charge is -2.28. The van der Waals surface area contributed by atoms with Crippen LogP contribution in [0.2, 0.25) is 0 Å². The SMILES string of the molecule is O=S(=O)(Cc1cc(F)ccc1F)NC1CCC(Oc2ncc(F)cn2)CC1. The zero-order chi connectivity index (χ0) is 19.4. The van der Waals surface area contributed by atoms with Crippen molar-refractivity contribution in [3.63, 3.8) is 0 Å². The predicted molar refractivity (Wildman–Crippen MR) is 90.8 cm³/mol. The van der Waals surface area contributed by atoms with Crippen LogP contribution in [0.25, 0.3) is 0 Å². The van der Waals surface area contributed by atoms with Gasteiger partial charge in [0, 0.05) is 11.6 Å². The van der Waals surface area contributed by atoms with Crippen molar-refractivity contribution in [2.45, 2.75) is 43.6 Å². The van der Waals surface area contributed by atoms with Crippen molar-refractivity contribution < 1.29 is 26.3 Å². The van der Waals surface area contributed by atoms with Crippen LogP contribution in [-0.4, -0.2) is 30.5 Å². The van der Waals surface area contributed by atoms with Gasteiger partial charge in [0.05, 0.1) is 18.1 Å². The number of ether oxygens (including phenoxy) is 1. The third-order valence-corrected chi connectivity index (χ3v) is 5.63. The zero-order valence-corrected chi connectivity index (χ0v) is 15.1. The van der Waals surface area contributed by atoms with Crippen LogP contribution >= 0.6 is 0 Å². The summed E-state index contributed by atoms with van der Waals surface area (Å²) in [6.07, 6.45) is 3.95. The van der Waals surface area contributed by atoms with Gasteiger partial charge in [-0.2, -0.15) is 0 Å². The Balaban J connectivity index is 1.52. The number of hydrogen-bond donors (Lipinski definition) is 1. The molecule has 0 amide bonds. The standard InChI is InChI=1S/C17H18F3N3O3S/c18-12-1-6-16(20)11(7-12)10-27(24,25)23-14-2-4-15(5-3-14)26-17-21-8-13(19)9-22-17/h1,6-9,14-15,23H,2-5,10H2. The molecular formula is C17H18F3N3O3S. The molecule has 0 aliphatic heterocycles. The Hall–Kier alpha value is -2.20. The van der Waals surface area contributed by atoms with Crippen molar-refractivity contribution in [3.8, 4) is 6.01 Å². The fourth-order valence-electron chi connectivity index (χ4n) is 2.96. The van der Waals surface area contributed by atoms with Gasteiger partial charge < -0.3 is 4.74 Å². The lowest BCUT2D eigenvalue weighted by Crippen LogP contribution is -2.40. The number of nitrogens with zero attached hydrogens (tertiary/aromatic N) is 2. The van der Waals surface area contributed by atoms with Gasteiger partial charge in [-0.25, -0.2) is 36.3 Å². The summed E-state index contributed by atoms with van der Waals surface area (Å²) >= 11 is 0. The minimum atomic E-state index is -3.82. The topological polar surface area (TPSA) is 81.2 Å². The number of halogens is 3. The fraction of sp³-hybridized carbons (Fsp3) is 0.412. The second-order valence-corrected chi connectivity index (χ2v) is 8.14. The predicted octanol–water partition coefficient (Wildman–Crippen LogP) is 2.70. The van der Waals surface area contributed by atoms with Gasteiger partial charge in [-0.3, -0.25) is 0 Å². The Morgan fingerprint density at radius 2 is 1.70 bits per heavy atom. The Kier molecular flexibility index (Phi) is 5.95. The van der Waals surface area contributed by atoms with E-state index in [-0.39, 0.29) is 23.7 Å². The van der Waals surface area contributed by atoms with Crippen LogP contribution in [0, 0.1) is 17.5 Å². The van der Waals surface area contributed by atoms with E-state index in [1.165, 1.54) is 0 Å². The van der Waals surface area contributed by atoms with Crippen LogP contribution in [0.3, 0.4) is 0 Å². The maximum Gasteiger partial charge on any atom is 0.316 e. The summed E-state index contributed by atoms with van der Waals surface area (Å²) < 4.78 is 72.2. The molecule has 1 saturated carbocycles. The van der Waals surface area contributed by atoms with E-state index < -0.39 is 33.2 Å². The van der Waals surface area contributed by atoms with Gasteiger partial charge >= 0.3 is 6.01 Å². The molecular weight excluding hydrogens is 383 g/mol. The van der Waals surface area contributed by atoms with E-state index in [0.717, 1.165) is 30.6 Å². The number of rotatable bonds is 6. The van der Waals surface area contributed by atoms with Gasteiger partial charge in [-0.15, -0.1) is 0 Å². The average Bonchev–Trinajstić information content (AvgIpc) is 2.61. The van der Waals surface area contributed by atoms with E-state index in [1.54, 1.807) is 0 Å². The lowest BCUT2D eigenvalue weighted by atomic mass is 9.94. The number of benzene rings is 1. The summed E-state index contributed by atoms with van der Waals surface area (Å²) in [5.74, 6) is -2.65. The van der Waals surface area contributed by atoms with E-state index >= 15 is 0 Å². The summed E-state index contributed by atoms with van der Waals surface area (Å²) in [6.45, 7) is 0. The molecule has 146 valence electrons. The summed E-state index contributed by atoms with van der Waals surface area (Å²) in [6, 6.07) is 2.47. The number of hydrogen-bond acceptors (Lipinski definition) is 5. The first-order valence-corrected chi connectivity index (χ1v) is 10.0. The lowest BCUT2D eigenvalue weighted by molar-refractivity contribution is 0.132. The van der Waals surface area contributed by atoms with Crippen molar-refractivity contribution >= 4 is 10.0 Å². The van der Waals surface area contributed by atoms with Crippen molar-refractivity contribution in [2.24, 2.45) is 0 Å². The highest BCUT2D eigenvalue weighted by atomic mass is 32.2. The quantitative estimate of drug-likeness (QED) is 0.805. The smallest absolute Gasteiger partial charge is 0.316 e. The van der Waals surface area contributed by atoms with Gasteiger partial charge in [0.1, 0.15) is 17.7 Å². The van der Waals surface area contributed by atoms with Crippen LogP contribution in [0.1, 0.15) is 31.2 Å². The molecule has 10 heteroatoms. The van der Waals surface area contributed by atoms with Gasteiger partial charge in [-0.05, 0) is 43.9 Å². The minimum absolute atomic E-state index is 0.0713. The first-order chi connectivity index (χ1) is 12.8. The first-order valence-electron chi connectivity index (χ1n) is 8.39. The number of nitrogens with one attached hydrogen (secondary N) is 1. The maximum atomic E-state index is 13.7. The molecule has 1 aliphatic rings. The van der Waals surface area contributed by atoms with E-state index in [2.05, 4.69) is 14.7 Å². The van der Waals surface area contributed by atoms with E-state index in [0.29, 0.717) is 25.7 Å². The highest BCUT2D eigenvalue weighted by Crippen LogP contribution is 2.23. The number of sulfonamides is 1. The Morgan fingerprint density at radius 3 is 2.37 bits per heavy atom. The second kappa shape index (κ2) is 8.22. The van der Waals surface area contributed by atoms with Gasteiger partial charge in [0.25, 0.3) is 0 Å².